The van der Waals surface area contributed by atoms with Gasteiger partial charge in [-0.3, -0.25) is 4.55 Å². The molecule has 0 fully saturated rings. The summed E-state index contributed by atoms with van der Waals surface area (Å²) in [6, 6.07) is 5.29. The van der Waals surface area contributed by atoms with Gasteiger partial charge >= 0.3 is 51.4 Å². The summed E-state index contributed by atoms with van der Waals surface area (Å²) in [4.78, 5) is -0.147. The third-order valence-corrected chi connectivity index (χ3v) is 2.05. The van der Waals surface area contributed by atoms with Gasteiger partial charge in [-0.25, -0.2) is 0 Å². The van der Waals surface area contributed by atoms with Crippen molar-refractivity contribution in [1.82, 2.24) is 0 Å². The zero-order valence-electron chi connectivity index (χ0n) is 5.56. The van der Waals surface area contributed by atoms with Gasteiger partial charge in [0.1, 0.15) is 0 Å². The van der Waals surface area contributed by atoms with Crippen molar-refractivity contribution in [2.24, 2.45) is 0 Å². The number of nitrogens with two attached hydrogens (primary N) is 1. The van der Waals surface area contributed by atoms with Crippen molar-refractivity contribution in [3.8, 4) is 0 Å². The molecule has 0 unspecified atom stereocenters. The number of hydrogen-bond donors (Lipinski definition) is 2. The fourth-order valence-corrected chi connectivity index (χ4v) is 1.12. The van der Waals surface area contributed by atoms with Crippen LogP contribution < -0.4 is 5.73 Å². The van der Waals surface area contributed by atoms with Crippen LogP contribution in [0.4, 0.5) is 5.69 Å². The maximum atomic E-state index is 10.5. The van der Waals surface area contributed by atoms with E-state index in [4.69, 9.17) is 10.3 Å². The molecule has 0 amide bonds. The molecule has 0 saturated heterocycles. The van der Waals surface area contributed by atoms with Crippen LogP contribution in [0.2, 0.25) is 0 Å². The van der Waals surface area contributed by atoms with E-state index >= 15 is 0 Å². The summed E-state index contributed by atoms with van der Waals surface area (Å²) < 4.78 is 29.4. The van der Waals surface area contributed by atoms with Gasteiger partial charge in [-0.2, -0.15) is 8.42 Å². The molecule has 0 aromatic heterocycles. The number of rotatable bonds is 1. The molecule has 3 N–H and O–H groups in total. The topological polar surface area (TPSA) is 80.4 Å². The van der Waals surface area contributed by atoms with Gasteiger partial charge in [0.05, 0.1) is 4.90 Å². The number of anilines is 1. The van der Waals surface area contributed by atoms with Crippen molar-refractivity contribution >= 4 is 67.2 Å². The zero-order chi connectivity index (χ0) is 8.48. The monoisotopic (exact) mass is 213 g/mol. The SMILES string of the molecule is Nc1ccc(S(=O)(=O)O)cc1.[KH]. The van der Waals surface area contributed by atoms with Gasteiger partial charge in [-0.15, -0.1) is 0 Å². The Morgan fingerprint density at radius 2 is 1.58 bits per heavy atom. The van der Waals surface area contributed by atoms with Crippen LogP contribution in [0.3, 0.4) is 0 Å². The zero-order valence-corrected chi connectivity index (χ0v) is 6.38. The molecule has 0 aliphatic carbocycles. The van der Waals surface area contributed by atoms with Gasteiger partial charge in [-0.05, 0) is 24.3 Å². The van der Waals surface area contributed by atoms with Crippen molar-refractivity contribution in [2.45, 2.75) is 4.90 Å². The van der Waals surface area contributed by atoms with E-state index in [9.17, 15) is 8.42 Å². The van der Waals surface area contributed by atoms with Crippen LogP contribution in [0.5, 0.6) is 0 Å². The van der Waals surface area contributed by atoms with E-state index in [1.807, 2.05) is 0 Å². The van der Waals surface area contributed by atoms with E-state index in [1.165, 1.54) is 24.3 Å². The molecule has 0 spiro atoms. The fourth-order valence-electron chi connectivity index (χ4n) is 0.640. The van der Waals surface area contributed by atoms with Gasteiger partial charge < -0.3 is 5.73 Å². The summed E-state index contributed by atoms with van der Waals surface area (Å²) >= 11 is 0. The summed E-state index contributed by atoms with van der Waals surface area (Å²) in [5, 5.41) is 0. The van der Waals surface area contributed by atoms with Crippen molar-refractivity contribution in [1.29, 1.82) is 0 Å². The molecular formula is C6H8KNO3S. The van der Waals surface area contributed by atoms with E-state index in [0.29, 0.717) is 5.69 Å². The molecule has 12 heavy (non-hydrogen) atoms. The van der Waals surface area contributed by atoms with Gasteiger partial charge in [-0.1, -0.05) is 0 Å². The fraction of sp³-hybridized carbons (Fsp3) is 0. The number of hydrogen-bond acceptors (Lipinski definition) is 3. The Labute approximate surface area is 113 Å². The van der Waals surface area contributed by atoms with E-state index < -0.39 is 10.1 Å². The second-order valence-electron chi connectivity index (χ2n) is 2.04. The molecule has 0 bridgehead atoms. The first-order valence-corrected chi connectivity index (χ1v) is 4.27. The normalized spacial score (nSPS) is 10.4. The van der Waals surface area contributed by atoms with Gasteiger partial charge in [0.15, 0.2) is 0 Å². The molecule has 1 aromatic rings. The Balaban J connectivity index is 0.00000121. The van der Waals surface area contributed by atoms with E-state index in [-0.39, 0.29) is 56.3 Å². The average molecular weight is 213 g/mol. The standard InChI is InChI=1S/C6H7NO3S.K.H/c7-5-1-3-6(4-2-5)11(8,9)10;;/h1-4H,7H2,(H,8,9,10);;. The Kier molecular flexibility index (Phi) is 4.93. The Morgan fingerprint density at radius 3 is 1.92 bits per heavy atom. The van der Waals surface area contributed by atoms with Crippen molar-refractivity contribution in [3.63, 3.8) is 0 Å². The van der Waals surface area contributed by atoms with Crippen LogP contribution in [0.25, 0.3) is 0 Å². The van der Waals surface area contributed by atoms with Crippen LogP contribution in [0.1, 0.15) is 0 Å². The first-order chi connectivity index (χ1) is 5.00. The molecule has 1 aromatic carbocycles. The van der Waals surface area contributed by atoms with Gasteiger partial charge in [0, 0.05) is 5.69 Å². The summed E-state index contributed by atoms with van der Waals surface area (Å²) in [5.74, 6) is 0. The maximum absolute atomic E-state index is 10.5. The predicted octanol–water partition coefficient (Wildman–Crippen LogP) is -0.133. The number of nitrogen functional groups attached to an aromatic ring is 1. The van der Waals surface area contributed by atoms with Crippen molar-refractivity contribution in [3.05, 3.63) is 24.3 Å². The summed E-state index contributed by atoms with van der Waals surface area (Å²) in [5.41, 5.74) is 5.75. The Morgan fingerprint density at radius 1 is 1.17 bits per heavy atom. The molecule has 4 nitrogen and oxygen atoms in total. The van der Waals surface area contributed by atoms with Gasteiger partial charge in [0.2, 0.25) is 0 Å². The molecule has 0 radical (unpaired) electrons. The Hall–Kier alpha value is 0.566. The molecule has 0 aliphatic rings. The average Bonchev–Trinajstić information content (AvgIpc) is 1.86. The molecule has 0 saturated carbocycles. The molecule has 0 atom stereocenters. The van der Waals surface area contributed by atoms with Crippen molar-refractivity contribution in [2.75, 3.05) is 5.73 Å². The molecular weight excluding hydrogens is 205 g/mol. The second kappa shape index (κ2) is 4.71. The third kappa shape index (κ3) is 3.52. The second-order valence-corrected chi connectivity index (χ2v) is 3.47. The molecule has 62 valence electrons. The van der Waals surface area contributed by atoms with E-state index in [0.717, 1.165) is 0 Å². The third-order valence-electron chi connectivity index (χ3n) is 1.18. The first kappa shape index (κ1) is 12.6. The number of benzene rings is 1. The summed E-state index contributed by atoms with van der Waals surface area (Å²) in [7, 11) is -4.08. The molecule has 6 heteroatoms. The molecule has 1 rings (SSSR count). The van der Waals surface area contributed by atoms with Gasteiger partial charge in [0.25, 0.3) is 10.1 Å². The van der Waals surface area contributed by atoms with Crippen LogP contribution in [0.15, 0.2) is 29.2 Å². The minimum absolute atomic E-state index is 0. The summed E-state index contributed by atoms with van der Waals surface area (Å²) in [6.07, 6.45) is 0. The Bertz CT molecular complexity index is 346. The predicted molar refractivity (Wildman–Crippen MR) is 47.8 cm³/mol. The summed E-state index contributed by atoms with van der Waals surface area (Å²) in [6.45, 7) is 0. The van der Waals surface area contributed by atoms with Crippen LogP contribution >= 0.6 is 0 Å². The van der Waals surface area contributed by atoms with Crippen LogP contribution in [-0.4, -0.2) is 64.4 Å². The van der Waals surface area contributed by atoms with E-state index in [2.05, 4.69) is 0 Å². The van der Waals surface area contributed by atoms with E-state index in [1.54, 1.807) is 0 Å². The molecule has 0 heterocycles. The van der Waals surface area contributed by atoms with Crippen LogP contribution in [-0.2, 0) is 10.1 Å². The molecule has 0 aliphatic heterocycles. The van der Waals surface area contributed by atoms with Crippen LogP contribution in [0, 0.1) is 0 Å². The quantitative estimate of drug-likeness (QED) is 0.387. The van der Waals surface area contributed by atoms with Crippen molar-refractivity contribution < 1.29 is 13.0 Å². The first-order valence-electron chi connectivity index (χ1n) is 2.83. The minimum atomic E-state index is -4.08.